The standard InChI is InChI=1S/C25H52ClNO/c1-5-8-9-10-11-12-13-14-15-16-17-18-19-20-24(26)22-25(21-23(4)28)27(6-2)7-3/h23-25,28H,5-22H2,1-4H3. The van der Waals surface area contributed by atoms with Gasteiger partial charge in [-0.3, -0.25) is 0 Å². The average Bonchev–Trinajstić information content (AvgIpc) is 2.66. The van der Waals surface area contributed by atoms with Crippen LogP contribution in [0, 0.1) is 0 Å². The second-order valence-corrected chi connectivity index (χ2v) is 9.44. The maximum Gasteiger partial charge on any atom is 0.0527 e. The van der Waals surface area contributed by atoms with E-state index in [1.807, 2.05) is 6.92 Å². The summed E-state index contributed by atoms with van der Waals surface area (Å²) in [5.74, 6) is 0. The summed E-state index contributed by atoms with van der Waals surface area (Å²) in [5, 5.41) is 10.1. The van der Waals surface area contributed by atoms with Crippen LogP contribution in [0.15, 0.2) is 0 Å². The Balaban J connectivity index is 3.63. The first-order valence-electron chi connectivity index (χ1n) is 12.6. The molecule has 1 N–H and O–H groups in total. The first-order chi connectivity index (χ1) is 13.5. The minimum Gasteiger partial charge on any atom is -0.393 e. The first-order valence-corrected chi connectivity index (χ1v) is 13.0. The van der Waals surface area contributed by atoms with Crippen LogP contribution in [0.3, 0.4) is 0 Å². The van der Waals surface area contributed by atoms with E-state index in [0.29, 0.717) is 6.04 Å². The SMILES string of the molecule is CCCCCCCCCCCCCCCC(Cl)CC(CC(C)O)N(CC)CC. The highest BCUT2D eigenvalue weighted by Crippen LogP contribution is 2.21. The molecule has 0 aromatic heterocycles. The summed E-state index contributed by atoms with van der Waals surface area (Å²) in [4.78, 5) is 2.45. The van der Waals surface area contributed by atoms with Crippen molar-refractivity contribution in [1.29, 1.82) is 0 Å². The molecule has 0 fully saturated rings. The third-order valence-electron chi connectivity index (χ3n) is 6.09. The van der Waals surface area contributed by atoms with E-state index in [4.69, 9.17) is 11.6 Å². The topological polar surface area (TPSA) is 23.5 Å². The van der Waals surface area contributed by atoms with Gasteiger partial charge in [-0.2, -0.15) is 0 Å². The molecule has 3 heteroatoms. The largest absolute Gasteiger partial charge is 0.393 e. The highest BCUT2D eigenvalue weighted by Gasteiger charge is 2.21. The van der Waals surface area contributed by atoms with Crippen LogP contribution in [0.25, 0.3) is 0 Å². The molecule has 0 saturated heterocycles. The Morgan fingerprint density at radius 3 is 1.50 bits per heavy atom. The molecule has 0 radical (unpaired) electrons. The fourth-order valence-electron chi connectivity index (χ4n) is 4.32. The van der Waals surface area contributed by atoms with Gasteiger partial charge in [-0.25, -0.2) is 0 Å². The molecule has 0 aliphatic carbocycles. The number of rotatable bonds is 21. The highest BCUT2D eigenvalue weighted by atomic mass is 35.5. The van der Waals surface area contributed by atoms with Crippen molar-refractivity contribution < 1.29 is 5.11 Å². The summed E-state index contributed by atoms with van der Waals surface area (Å²) < 4.78 is 0. The van der Waals surface area contributed by atoms with Gasteiger partial charge in [0.1, 0.15) is 0 Å². The van der Waals surface area contributed by atoms with E-state index in [1.54, 1.807) is 0 Å². The van der Waals surface area contributed by atoms with Crippen molar-refractivity contribution in [2.75, 3.05) is 13.1 Å². The molecule has 0 heterocycles. The lowest BCUT2D eigenvalue weighted by Gasteiger charge is -2.32. The number of hydrogen-bond donors (Lipinski definition) is 1. The van der Waals surface area contributed by atoms with Crippen LogP contribution in [0.5, 0.6) is 0 Å². The lowest BCUT2D eigenvalue weighted by molar-refractivity contribution is 0.112. The number of halogens is 1. The Kier molecular flexibility index (Phi) is 20.6. The van der Waals surface area contributed by atoms with E-state index >= 15 is 0 Å². The predicted octanol–water partition coefficient (Wildman–Crippen LogP) is 7.95. The Morgan fingerprint density at radius 1 is 0.679 bits per heavy atom. The van der Waals surface area contributed by atoms with Crippen LogP contribution in [0.1, 0.15) is 130 Å². The van der Waals surface area contributed by atoms with Crippen LogP contribution in [-0.4, -0.2) is 40.6 Å². The van der Waals surface area contributed by atoms with Gasteiger partial charge >= 0.3 is 0 Å². The Morgan fingerprint density at radius 2 is 1.11 bits per heavy atom. The fraction of sp³-hybridized carbons (Fsp3) is 1.00. The van der Waals surface area contributed by atoms with Crippen LogP contribution in [0.4, 0.5) is 0 Å². The molecule has 28 heavy (non-hydrogen) atoms. The second kappa shape index (κ2) is 20.5. The average molecular weight is 418 g/mol. The van der Waals surface area contributed by atoms with Crippen molar-refractivity contribution in [2.45, 2.75) is 148 Å². The van der Waals surface area contributed by atoms with Gasteiger partial charge in [0, 0.05) is 11.4 Å². The number of hydrogen-bond acceptors (Lipinski definition) is 2. The molecule has 0 aromatic rings. The molecule has 0 bridgehead atoms. The van der Waals surface area contributed by atoms with E-state index in [0.717, 1.165) is 32.4 Å². The minimum absolute atomic E-state index is 0.245. The lowest BCUT2D eigenvalue weighted by Crippen LogP contribution is -2.38. The zero-order valence-electron chi connectivity index (χ0n) is 19.7. The van der Waals surface area contributed by atoms with E-state index in [9.17, 15) is 5.11 Å². The van der Waals surface area contributed by atoms with E-state index in [1.165, 1.54) is 83.5 Å². The van der Waals surface area contributed by atoms with Crippen LogP contribution >= 0.6 is 11.6 Å². The maximum atomic E-state index is 9.80. The van der Waals surface area contributed by atoms with Crippen molar-refractivity contribution >= 4 is 11.6 Å². The van der Waals surface area contributed by atoms with Crippen molar-refractivity contribution in [2.24, 2.45) is 0 Å². The molecule has 3 unspecified atom stereocenters. The van der Waals surface area contributed by atoms with Crippen LogP contribution in [0.2, 0.25) is 0 Å². The number of aliphatic hydroxyl groups excluding tert-OH is 1. The van der Waals surface area contributed by atoms with Gasteiger partial charge in [-0.1, -0.05) is 104 Å². The van der Waals surface area contributed by atoms with Crippen molar-refractivity contribution in [3.05, 3.63) is 0 Å². The highest BCUT2D eigenvalue weighted by molar-refractivity contribution is 6.20. The van der Waals surface area contributed by atoms with Gasteiger partial charge in [-0.15, -0.1) is 11.6 Å². The van der Waals surface area contributed by atoms with Gasteiger partial charge < -0.3 is 10.0 Å². The molecule has 0 rings (SSSR count). The normalized spacial score (nSPS) is 15.1. The zero-order chi connectivity index (χ0) is 21.0. The summed E-state index contributed by atoms with van der Waals surface area (Å²) in [7, 11) is 0. The molecule has 3 atom stereocenters. The molecule has 0 aromatic carbocycles. The maximum absolute atomic E-state index is 9.80. The fourth-order valence-corrected chi connectivity index (χ4v) is 4.68. The molecule has 0 amide bonds. The molecule has 170 valence electrons. The quantitative estimate of drug-likeness (QED) is 0.151. The molecule has 2 nitrogen and oxygen atoms in total. The summed E-state index contributed by atoms with van der Waals surface area (Å²) in [5.41, 5.74) is 0. The van der Waals surface area contributed by atoms with E-state index < -0.39 is 0 Å². The third-order valence-corrected chi connectivity index (χ3v) is 6.49. The molecular formula is C25H52ClNO. The monoisotopic (exact) mass is 417 g/mol. The number of alkyl halides is 1. The Hall–Kier alpha value is 0.210. The summed E-state index contributed by atoms with van der Waals surface area (Å²) in [6.45, 7) is 10.7. The van der Waals surface area contributed by atoms with E-state index in [2.05, 4.69) is 25.7 Å². The predicted molar refractivity (Wildman–Crippen MR) is 128 cm³/mol. The molecule has 0 spiro atoms. The molecule has 0 saturated carbocycles. The Labute approximate surface area is 182 Å². The van der Waals surface area contributed by atoms with Crippen LogP contribution in [-0.2, 0) is 0 Å². The third kappa shape index (κ3) is 17.1. The van der Waals surface area contributed by atoms with E-state index in [-0.39, 0.29) is 11.5 Å². The molecule has 0 aliphatic rings. The van der Waals surface area contributed by atoms with Crippen molar-refractivity contribution in [3.63, 3.8) is 0 Å². The van der Waals surface area contributed by atoms with Crippen molar-refractivity contribution in [3.8, 4) is 0 Å². The Bertz CT molecular complexity index is 307. The van der Waals surface area contributed by atoms with Gasteiger partial charge in [0.15, 0.2) is 0 Å². The first kappa shape index (κ1) is 28.2. The minimum atomic E-state index is -0.245. The second-order valence-electron chi connectivity index (χ2n) is 8.82. The lowest BCUT2D eigenvalue weighted by atomic mass is 9.99. The summed E-state index contributed by atoms with van der Waals surface area (Å²) in [6, 6.07) is 0.416. The van der Waals surface area contributed by atoms with Crippen molar-refractivity contribution in [1.82, 2.24) is 4.90 Å². The van der Waals surface area contributed by atoms with Gasteiger partial charge in [0.05, 0.1) is 6.10 Å². The summed E-state index contributed by atoms with van der Waals surface area (Å²) >= 11 is 6.65. The molecular weight excluding hydrogens is 366 g/mol. The van der Waals surface area contributed by atoms with Crippen LogP contribution < -0.4 is 0 Å². The summed E-state index contributed by atoms with van der Waals surface area (Å²) in [6.07, 6.45) is 20.9. The van der Waals surface area contributed by atoms with Gasteiger partial charge in [-0.05, 0) is 39.3 Å². The molecule has 0 aliphatic heterocycles. The number of unbranched alkanes of at least 4 members (excludes halogenated alkanes) is 12. The van der Waals surface area contributed by atoms with Gasteiger partial charge in [0.25, 0.3) is 0 Å². The smallest absolute Gasteiger partial charge is 0.0527 e. The van der Waals surface area contributed by atoms with Gasteiger partial charge in [0.2, 0.25) is 0 Å². The zero-order valence-corrected chi connectivity index (χ0v) is 20.5. The number of aliphatic hydroxyl groups is 1. The number of nitrogens with zero attached hydrogens (tertiary/aromatic N) is 1.